The molecule has 4 heteroatoms. The molecule has 21 heavy (non-hydrogen) atoms. The van der Waals surface area contributed by atoms with Gasteiger partial charge in [-0.15, -0.1) is 0 Å². The Morgan fingerprint density at radius 2 is 1.86 bits per heavy atom. The van der Waals surface area contributed by atoms with Gasteiger partial charge in [0.05, 0.1) is 6.04 Å². The van der Waals surface area contributed by atoms with Gasteiger partial charge in [-0.05, 0) is 57.3 Å². The first-order chi connectivity index (χ1) is 10.2. The number of carbonyl (C=O) groups is 1. The molecule has 3 rings (SSSR count). The lowest BCUT2D eigenvalue weighted by Gasteiger charge is -2.40. The fourth-order valence-corrected chi connectivity index (χ4v) is 4.36. The number of fused-ring (bicyclic) bond motifs is 1. The number of ether oxygens (including phenoxy) is 1. The molecule has 0 aromatic rings. The van der Waals surface area contributed by atoms with Crippen LogP contribution in [0.5, 0.6) is 0 Å². The molecule has 1 saturated carbocycles. The maximum absolute atomic E-state index is 12.5. The van der Waals surface area contributed by atoms with E-state index in [2.05, 4.69) is 17.6 Å². The highest BCUT2D eigenvalue weighted by Crippen LogP contribution is 2.32. The molecule has 2 N–H and O–H groups in total. The van der Waals surface area contributed by atoms with Gasteiger partial charge in [-0.2, -0.15) is 0 Å². The van der Waals surface area contributed by atoms with Crippen LogP contribution >= 0.6 is 0 Å². The molecule has 4 nitrogen and oxygen atoms in total. The topological polar surface area (TPSA) is 50.4 Å². The van der Waals surface area contributed by atoms with Gasteiger partial charge in [0, 0.05) is 25.3 Å². The molecule has 0 radical (unpaired) electrons. The first kappa shape index (κ1) is 15.3. The van der Waals surface area contributed by atoms with E-state index in [9.17, 15) is 4.79 Å². The van der Waals surface area contributed by atoms with Crippen molar-refractivity contribution in [3.63, 3.8) is 0 Å². The average Bonchev–Trinajstić information content (AvgIpc) is 2.55. The maximum Gasteiger partial charge on any atom is 0.237 e. The molecule has 0 aromatic carbocycles. The molecular weight excluding hydrogens is 264 g/mol. The second kappa shape index (κ2) is 7.10. The first-order valence-corrected chi connectivity index (χ1v) is 8.88. The molecule has 4 unspecified atom stereocenters. The summed E-state index contributed by atoms with van der Waals surface area (Å²) >= 11 is 0. The Morgan fingerprint density at radius 1 is 1.10 bits per heavy atom. The van der Waals surface area contributed by atoms with E-state index < -0.39 is 0 Å². The third kappa shape index (κ3) is 3.78. The zero-order valence-corrected chi connectivity index (χ0v) is 13.3. The van der Waals surface area contributed by atoms with Crippen molar-refractivity contribution in [1.82, 2.24) is 10.6 Å². The van der Waals surface area contributed by atoms with Crippen LogP contribution in [0, 0.1) is 11.8 Å². The van der Waals surface area contributed by atoms with Crippen LogP contribution in [0.15, 0.2) is 0 Å². The Hall–Kier alpha value is -0.610. The highest BCUT2D eigenvalue weighted by Gasteiger charge is 2.35. The predicted molar refractivity (Wildman–Crippen MR) is 83.1 cm³/mol. The molecule has 2 aliphatic heterocycles. The molecule has 0 spiro atoms. The van der Waals surface area contributed by atoms with Crippen molar-refractivity contribution in [1.29, 1.82) is 0 Å². The lowest BCUT2D eigenvalue weighted by Crippen LogP contribution is -2.56. The summed E-state index contributed by atoms with van der Waals surface area (Å²) < 4.78 is 5.41. The summed E-state index contributed by atoms with van der Waals surface area (Å²) in [4.78, 5) is 12.5. The van der Waals surface area contributed by atoms with Crippen LogP contribution in [0.25, 0.3) is 0 Å². The van der Waals surface area contributed by atoms with Gasteiger partial charge in [0.15, 0.2) is 0 Å². The molecule has 2 heterocycles. The molecular formula is C17H30N2O2. The van der Waals surface area contributed by atoms with Gasteiger partial charge in [0.25, 0.3) is 0 Å². The van der Waals surface area contributed by atoms with Crippen molar-refractivity contribution in [2.75, 3.05) is 13.2 Å². The summed E-state index contributed by atoms with van der Waals surface area (Å²) in [6.45, 7) is 3.84. The lowest BCUT2D eigenvalue weighted by atomic mass is 9.77. The third-order valence-corrected chi connectivity index (χ3v) is 5.81. The predicted octanol–water partition coefficient (Wildman–Crippen LogP) is 2.23. The number of piperidine rings is 1. The van der Waals surface area contributed by atoms with Gasteiger partial charge < -0.3 is 15.4 Å². The van der Waals surface area contributed by atoms with Crippen molar-refractivity contribution in [2.45, 2.75) is 76.4 Å². The van der Waals surface area contributed by atoms with Gasteiger partial charge in [-0.1, -0.05) is 12.8 Å². The highest BCUT2D eigenvalue weighted by molar-refractivity contribution is 5.82. The van der Waals surface area contributed by atoms with Crippen molar-refractivity contribution in [3.8, 4) is 0 Å². The molecule has 3 fully saturated rings. The minimum atomic E-state index is 0.0339. The monoisotopic (exact) mass is 294 g/mol. The van der Waals surface area contributed by atoms with Crippen LogP contribution in [0.2, 0.25) is 0 Å². The van der Waals surface area contributed by atoms with Crippen LogP contribution in [0.1, 0.15) is 58.3 Å². The smallest absolute Gasteiger partial charge is 0.237 e. The standard InChI is InChI=1S/C17H30N2O2/c1-12(13-8-10-21-11-9-13)18-17(20)16-7-6-14-4-2-3-5-15(14)19-16/h12-16,19H,2-11H2,1H3,(H,18,20). The Labute approximate surface area is 128 Å². The van der Waals surface area contributed by atoms with Crippen LogP contribution in [0.4, 0.5) is 0 Å². The van der Waals surface area contributed by atoms with Crippen molar-refractivity contribution in [3.05, 3.63) is 0 Å². The number of carbonyl (C=O) groups excluding carboxylic acids is 1. The summed E-state index contributed by atoms with van der Waals surface area (Å²) in [6, 6.07) is 0.889. The zero-order valence-electron chi connectivity index (χ0n) is 13.3. The van der Waals surface area contributed by atoms with E-state index in [1.54, 1.807) is 0 Å². The number of amides is 1. The number of hydrogen-bond donors (Lipinski definition) is 2. The van der Waals surface area contributed by atoms with Crippen molar-refractivity contribution >= 4 is 5.91 Å². The second-order valence-electron chi connectivity index (χ2n) is 7.19. The number of rotatable bonds is 3. The Balaban J connectivity index is 1.48. The van der Waals surface area contributed by atoms with E-state index in [0.29, 0.717) is 12.0 Å². The molecule has 120 valence electrons. The van der Waals surface area contributed by atoms with E-state index in [0.717, 1.165) is 38.4 Å². The fourth-order valence-electron chi connectivity index (χ4n) is 4.36. The number of nitrogens with one attached hydrogen (secondary N) is 2. The number of hydrogen-bond acceptors (Lipinski definition) is 3. The van der Waals surface area contributed by atoms with Gasteiger partial charge >= 0.3 is 0 Å². The van der Waals surface area contributed by atoms with Crippen molar-refractivity contribution in [2.24, 2.45) is 11.8 Å². The zero-order chi connectivity index (χ0) is 14.7. The molecule has 1 amide bonds. The summed E-state index contributed by atoms with van der Waals surface area (Å²) in [5, 5.41) is 6.88. The van der Waals surface area contributed by atoms with Crippen LogP contribution in [0.3, 0.4) is 0 Å². The van der Waals surface area contributed by atoms with Gasteiger partial charge in [-0.3, -0.25) is 4.79 Å². The average molecular weight is 294 g/mol. The quantitative estimate of drug-likeness (QED) is 0.839. The third-order valence-electron chi connectivity index (χ3n) is 5.81. The van der Waals surface area contributed by atoms with E-state index in [-0.39, 0.29) is 18.0 Å². The van der Waals surface area contributed by atoms with E-state index in [1.165, 1.54) is 32.1 Å². The SMILES string of the molecule is CC(NC(=O)C1CCC2CCCCC2N1)C1CCOCC1. The lowest BCUT2D eigenvalue weighted by molar-refractivity contribution is -0.125. The molecule has 0 bridgehead atoms. The molecule has 0 aromatic heterocycles. The normalized spacial score (nSPS) is 35.8. The largest absolute Gasteiger partial charge is 0.381 e. The summed E-state index contributed by atoms with van der Waals surface area (Å²) in [7, 11) is 0. The van der Waals surface area contributed by atoms with Gasteiger partial charge in [0.2, 0.25) is 5.91 Å². The highest BCUT2D eigenvalue weighted by atomic mass is 16.5. The van der Waals surface area contributed by atoms with Gasteiger partial charge in [-0.25, -0.2) is 0 Å². The molecule has 4 atom stereocenters. The summed E-state index contributed by atoms with van der Waals surface area (Å²) in [5.74, 6) is 1.61. The van der Waals surface area contributed by atoms with Crippen molar-refractivity contribution < 1.29 is 9.53 Å². The van der Waals surface area contributed by atoms with E-state index in [1.807, 2.05) is 0 Å². The minimum Gasteiger partial charge on any atom is -0.381 e. The van der Waals surface area contributed by atoms with E-state index in [4.69, 9.17) is 4.74 Å². The Morgan fingerprint density at radius 3 is 2.67 bits per heavy atom. The Kier molecular flexibility index (Phi) is 5.17. The molecule has 3 aliphatic rings. The van der Waals surface area contributed by atoms with Gasteiger partial charge in [0.1, 0.15) is 0 Å². The van der Waals surface area contributed by atoms with Crippen LogP contribution < -0.4 is 10.6 Å². The minimum absolute atomic E-state index is 0.0339. The van der Waals surface area contributed by atoms with Crippen LogP contribution in [-0.2, 0) is 9.53 Å². The first-order valence-electron chi connectivity index (χ1n) is 8.88. The molecule has 1 aliphatic carbocycles. The summed E-state index contributed by atoms with van der Waals surface area (Å²) in [6.07, 6.45) is 9.68. The van der Waals surface area contributed by atoms with Crippen LogP contribution in [-0.4, -0.2) is 37.2 Å². The van der Waals surface area contributed by atoms with E-state index >= 15 is 0 Å². The Bertz CT molecular complexity index is 355. The molecule has 2 saturated heterocycles. The fraction of sp³-hybridized carbons (Fsp3) is 0.941. The maximum atomic E-state index is 12.5. The summed E-state index contributed by atoms with van der Waals surface area (Å²) in [5.41, 5.74) is 0. The second-order valence-corrected chi connectivity index (χ2v) is 7.19.